The van der Waals surface area contributed by atoms with Gasteiger partial charge in [-0.15, -0.1) is 0 Å². The monoisotopic (exact) mass is 482 g/mol. The summed E-state index contributed by atoms with van der Waals surface area (Å²) in [6.45, 7) is 1.18. The Labute approximate surface area is 195 Å². The molecule has 164 valence electrons. The van der Waals surface area contributed by atoms with Gasteiger partial charge in [-0.2, -0.15) is 0 Å². The Morgan fingerprint density at radius 2 is 1.68 bits per heavy atom. The van der Waals surface area contributed by atoms with E-state index in [4.69, 9.17) is 39.5 Å². The summed E-state index contributed by atoms with van der Waals surface area (Å²) in [5, 5.41) is 0.377. The predicted octanol–water partition coefficient (Wildman–Crippen LogP) is 4.99. The van der Waals surface area contributed by atoms with Crippen molar-refractivity contribution in [3.8, 4) is 0 Å². The molecule has 1 fully saturated rings. The maximum Gasteiger partial charge on any atom is 0.320 e. The van der Waals surface area contributed by atoms with Crippen molar-refractivity contribution in [2.45, 2.75) is 19.5 Å². The van der Waals surface area contributed by atoms with Gasteiger partial charge < -0.3 is 14.5 Å². The van der Waals surface area contributed by atoms with E-state index in [2.05, 4.69) is 0 Å². The van der Waals surface area contributed by atoms with Crippen molar-refractivity contribution in [1.29, 1.82) is 0 Å². The second-order valence-corrected chi connectivity index (χ2v) is 8.54. The van der Waals surface area contributed by atoms with Crippen molar-refractivity contribution in [2.24, 2.45) is 5.92 Å². The van der Waals surface area contributed by atoms with Crippen LogP contribution in [-0.4, -0.2) is 47.2 Å². The Bertz CT molecular complexity index is 998. The summed E-state index contributed by atoms with van der Waals surface area (Å²) in [5.74, 6) is -0.491. The maximum atomic E-state index is 13.2. The van der Waals surface area contributed by atoms with Crippen LogP contribution >= 0.6 is 34.8 Å². The summed E-state index contributed by atoms with van der Waals surface area (Å²) in [6.07, 6.45) is 0.168. The molecule has 6 nitrogen and oxygen atoms in total. The number of benzene rings is 2. The SMILES string of the molecule is COC(=O)CC1CN(Cc2ccc(Cl)cc2Cl)C(=O)N(Cc2ccccc2C(=O)Cl)C1. The number of urea groups is 1. The van der Waals surface area contributed by atoms with E-state index in [0.717, 1.165) is 5.56 Å². The van der Waals surface area contributed by atoms with E-state index in [9.17, 15) is 14.4 Å². The number of methoxy groups -OCH3 is 1. The minimum atomic E-state index is -0.587. The standard InChI is InChI=1S/C22H21Cl3N2O4/c1-31-20(28)8-14-10-26(12-15-4-2-3-5-18(15)21(25)29)22(30)27(11-14)13-16-6-7-17(23)9-19(16)24/h2-7,9,14H,8,10-13H2,1H3. The Morgan fingerprint density at radius 1 is 1.03 bits per heavy atom. The lowest BCUT2D eigenvalue weighted by atomic mass is 10.00. The van der Waals surface area contributed by atoms with Crippen LogP contribution < -0.4 is 0 Å². The quantitative estimate of drug-likeness (QED) is 0.411. The van der Waals surface area contributed by atoms with Gasteiger partial charge in [-0.1, -0.05) is 47.5 Å². The second-order valence-electron chi connectivity index (χ2n) is 7.36. The molecule has 9 heteroatoms. The molecule has 0 saturated carbocycles. The van der Waals surface area contributed by atoms with Crippen LogP contribution in [0.15, 0.2) is 42.5 Å². The van der Waals surface area contributed by atoms with Crippen LogP contribution in [0, 0.1) is 5.92 Å². The van der Waals surface area contributed by atoms with E-state index in [1.54, 1.807) is 52.3 Å². The fourth-order valence-corrected chi connectivity index (χ4v) is 4.31. The second kappa shape index (κ2) is 10.4. The van der Waals surface area contributed by atoms with E-state index in [0.29, 0.717) is 34.3 Å². The summed E-state index contributed by atoms with van der Waals surface area (Å²) >= 11 is 18.0. The highest BCUT2D eigenvalue weighted by molar-refractivity contribution is 6.67. The molecule has 2 amide bonds. The molecule has 1 aliphatic heterocycles. The smallest absolute Gasteiger partial charge is 0.320 e. The number of nitrogens with zero attached hydrogens (tertiary/aromatic N) is 2. The number of hydrogen-bond acceptors (Lipinski definition) is 4. The molecular weight excluding hydrogens is 463 g/mol. The van der Waals surface area contributed by atoms with Crippen molar-refractivity contribution in [3.05, 3.63) is 69.2 Å². The van der Waals surface area contributed by atoms with E-state index < -0.39 is 5.24 Å². The largest absolute Gasteiger partial charge is 0.469 e. The van der Waals surface area contributed by atoms with Gasteiger partial charge in [-0.05, 0) is 40.9 Å². The molecule has 0 aliphatic carbocycles. The summed E-state index contributed by atoms with van der Waals surface area (Å²) in [7, 11) is 1.33. The molecule has 1 heterocycles. The summed E-state index contributed by atoms with van der Waals surface area (Å²) in [4.78, 5) is 40.1. The van der Waals surface area contributed by atoms with Crippen LogP contribution in [0.3, 0.4) is 0 Å². The molecule has 1 atom stereocenters. The Hall–Kier alpha value is -2.28. The van der Waals surface area contributed by atoms with Crippen LogP contribution in [0.5, 0.6) is 0 Å². The highest BCUT2D eigenvalue weighted by Crippen LogP contribution is 2.27. The minimum Gasteiger partial charge on any atom is -0.469 e. The lowest BCUT2D eigenvalue weighted by Crippen LogP contribution is -2.53. The van der Waals surface area contributed by atoms with Gasteiger partial charge >= 0.3 is 12.0 Å². The number of ether oxygens (including phenoxy) is 1. The third kappa shape index (κ3) is 5.91. The molecule has 31 heavy (non-hydrogen) atoms. The number of rotatable bonds is 7. The summed E-state index contributed by atoms with van der Waals surface area (Å²) in [6, 6.07) is 11.8. The van der Waals surface area contributed by atoms with Gasteiger partial charge in [0.25, 0.3) is 5.24 Å². The van der Waals surface area contributed by atoms with Gasteiger partial charge in [0.05, 0.1) is 13.5 Å². The lowest BCUT2D eigenvalue weighted by molar-refractivity contribution is -0.142. The van der Waals surface area contributed by atoms with Gasteiger partial charge in [-0.25, -0.2) is 4.79 Å². The molecule has 2 aromatic rings. The lowest BCUT2D eigenvalue weighted by Gasteiger charge is -2.40. The zero-order valence-electron chi connectivity index (χ0n) is 16.8. The first-order valence-electron chi connectivity index (χ1n) is 9.60. The first kappa shape index (κ1) is 23.4. The highest BCUT2D eigenvalue weighted by Gasteiger charge is 2.34. The normalized spacial score (nSPS) is 16.4. The zero-order chi connectivity index (χ0) is 22.5. The van der Waals surface area contributed by atoms with Gasteiger partial charge in [0.15, 0.2) is 0 Å². The molecule has 1 unspecified atom stereocenters. The number of carbonyl (C=O) groups is 3. The first-order chi connectivity index (χ1) is 14.8. The number of amides is 2. The molecule has 0 aromatic heterocycles. The van der Waals surface area contributed by atoms with Crippen molar-refractivity contribution in [3.63, 3.8) is 0 Å². The Balaban J connectivity index is 1.86. The molecule has 1 saturated heterocycles. The number of hydrogen-bond donors (Lipinski definition) is 0. The van der Waals surface area contributed by atoms with Crippen molar-refractivity contribution < 1.29 is 19.1 Å². The molecule has 2 aromatic carbocycles. The van der Waals surface area contributed by atoms with Crippen molar-refractivity contribution >= 4 is 52.0 Å². The third-order valence-corrected chi connectivity index (χ3v) is 5.94. The highest BCUT2D eigenvalue weighted by atomic mass is 35.5. The number of carbonyl (C=O) groups excluding carboxylic acids is 3. The average molecular weight is 484 g/mol. The van der Waals surface area contributed by atoms with Gasteiger partial charge in [0.2, 0.25) is 0 Å². The molecule has 1 aliphatic rings. The molecule has 0 radical (unpaired) electrons. The minimum absolute atomic E-state index is 0.143. The molecule has 0 bridgehead atoms. The van der Waals surface area contributed by atoms with Crippen LogP contribution in [0.25, 0.3) is 0 Å². The van der Waals surface area contributed by atoms with Crippen molar-refractivity contribution in [2.75, 3.05) is 20.2 Å². The van der Waals surface area contributed by atoms with Gasteiger partial charge in [-0.3, -0.25) is 9.59 Å². The van der Waals surface area contributed by atoms with E-state index in [1.807, 2.05) is 0 Å². The van der Waals surface area contributed by atoms with E-state index >= 15 is 0 Å². The van der Waals surface area contributed by atoms with Gasteiger partial charge in [0.1, 0.15) is 0 Å². The van der Waals surface area contributed by atoms with Crippen LogP contribution in [0.1, 0.15) is 27.9 Å². The number of esters is 1. The van der Waals surface area contributed by atoms with Crippen molar-refractivity contribution in [1.82, 2.24) is 9.80 Å². The topological polar surface area (TPSA) is 66.9 Å². The molecule has 0 spiro atoms. The van der Waals surface area contributed by atoms with E-state index in [-0.39, 0.29) is 37.4 Å². The van der Waals surface area contributed by atoms with Crippen LogP contribution in [0.4, 0.5) is 4.79 Å². The predicted molar refractivity (Wildman–Crippen MR) is 119 cm³/mol. The van der Waals surface area contributed by atoms with Crippen LogP contribution in [0.2, 0.25) is 10.0 Å². The van der Waals surface area contributed by atoms with E-state index in [1.165, 1.54) is 7.11 Å². The summed E-state index contributed by atoms with van der Waals surface area (Å²) in [5.41, 5.74) is 1.73. The molecule has 0 N–H and O–H groups in total. The fourth-order valence-electron chi connectivity index (χ4n) is 3.66. The number of halogens is 3. The van der Waals surface area contributed by atoms with Gasteiger partial charge in [0, 0.05) is 47.7 Å². The first-order valence-corrected chi connectivity index (χ1v) is 10.7. The fraction of sp³-hybridized carbons (Fsp3) is 0.318. The molecular formula is C22H21Cl3N2O4. The maximum absolute atomic E-state index is 13.2. The van der Waals surface area contributed by atoms with Crippen LogP contribution in [-0.2, 0) is 22.6 Å². The summed E-state index contributed by atoms with van der Waals surface area (Å²) < 4.78 is 4.81. The average Bonchev–Trinajstić information content (AvgIpc) is 2.73. The zero-order valence-corrected chi connectivity index (χ0v) is 19.1. The third-order valence-electron chi connectivity index (χ3n) is 5.15. The Kier molecular flexibility index (Phi) is 7.81. The Morgan fingerprint density at radius 3 is 2.29 bits per heavy atom. The molecule has 3 rings (SSSR count).